The van der Waals surface area contributed by atoms with Gasteiger partial charge in [0.15, 0.2) is 5.96 Å². The molecule has 0 saturated heterocycles. The summed E-state index contributed by atoms with van der Waals surface area (Å²) in [6, 6.07) is 8.70. The zero-order valence-electron chi connectivity index (χ0n) is 15.8. The van der Waals surface area contributed by atoms with Gasteiger partial charge in [-0.15, -0.1) is 0 Å². The van der Waals surface area contributed by atoms with E-state index < -0.39 is 0 Å². The predicted octanol–water partition coefficient (Wildman–Crippen LogP) is 2.79. The summed E-state index contributed by atoms with van der Waals surface area (Å²) in [6.45, 7) is 5.41. The summed E-state index contributed by atoms with van der Waals surface area (Å²) in [7, 11) is 4.16. The Balaban J connectivity index is 1.79. The van der Waals surface area contributed by atoms with Gasteiger partial charge < -0.3 is 20.3 Å². The Morgan fingerprint density at radius 3 is 2.56 bits per heavy atom. The third-order valence-electron chi connectivity index (χ3n) is 4.05. The van der Waals surface area contributed by atoms with Crippen molar-refractivity contribution >= 4 is 5.96 Å². The van der Waals surface area contributed by atoms with Crippen molar-refractivity contribution in [3.63, 3.8) is 0 Å². The molecule has 0 fully saturated rings. The fourth-order valence-electron chi connectivity index (χ4n) is 2.68. The van der Waals surface area contributed by atoms with Crippen LogP contribution in [0.3, 0.4) is 0 Å². The number of aliphatic imine (C=N–C) groups is 1. The van der Waals surface area contributed by atoms with Crippen LogP contribution in [0.25, 0.3) is 0 Å². The van der Waals surface area contributed by atoms with Crippen LogP contribution in [-0.2, 0) is 6.54 Å². The highest BCUT2D eigenvalue weighted by atomic mass is 16.5. The Labute approximate surface area is 152 Å². The average Bonchev–Trinajstić information content (AvgIpc) is 3.11. The first-order valence-electron chi connectivity index (χ1n) is 9.23. The molecule has 2 N–H and O–H groups in total. The van der Waals surface area contributed by atoms with Crippen molar-refractivity contribution in [2.75, 3.05) is 33.8 Å². The van der Waals surface area contributed by atoms with E-state index in [1.165, 1.54) is 5.56 Å². The number of nitrogens with one attached hydrogen (secondary N) is 2. The summed E-state index contributed by atoms with van der Waals surface area (Å²) in [5, 5.41) is 6.81. The van der Waals surface area contributed by atoms with Crippen LogP contribution < -0.4 is 15.4 Å². The second kappa shape index (κ2) is 10.8. The van der Waals surface area contributed by atoms with E-state index in [-0.39, 0.29) is 0 Å². The number of rotatable bonds is 9. The lowest BCUT2D eigenvalue weighted by Crippen LogP contribution is -2.42. The van der Waals surface area contributed by atoms with Crippen molar-refractivity contribution in [3.8, 4) is 5.75 Å². The van der Waals surface area contributed by atoms with Crippen LogP contribution in [0.15, 0.2) is 41.4 Å². The molecular weight excluding hydrogens is 312 g/mol. The van der Waals surface area contributed by atoms with Gasteiger partial charge in [-0.05, 0) is 58.0 Å². The zero-order valence-corrected chi connectivity index (χ0v) is 15.8. The second-order valence-corrected chi connectivity index (χ2v) is 6.63. The Kier molecular flexibility index (Phi) is 8.32. The summed E-state index contributed by atoms with van der Waals surface area (Å²) >= 11 is 0. The SMILES string of the molecule is CCNC(=NCc1ccc(OCCCN(C)C)cc1)NC1CC=CC1. The molecule has 0 aliphatic heterocycles. The highest BCUT2D eigenvalue weighted by Gasteiger charge is 2.11. The first-order chi connectivity index (χ1) is 12.2. The van der Waals surface area contributed by atoms with Crippen molar-refractivity contribution < 1.29 is 4.74 Å². The summed E-state index contributed by atoms with van der Waals surface area (Å²) in [4.78, 5) is 6.86. The van der Waals surface area contributed by atoms with Crippen LogP contribution in [0.1, 0.15) is 31.7 Å². The van der Waals surface area contributed by atoms with Crippen LogP contribution in [-0.4, -0.2) is 50.7 Å². The maximum absolute atomic E-state index is 5.77. The van der Waals surface area contributed by atoms with E-state index in [2.05, 4.69) is 60.8 Å². The smallest absolute Gasteiger partial charge is 0.191 e. The summed E-state index contributed by atoms with van der Waals surface area (Å²) in [5.41, 5.74) is 1.18. The standard InChI is InChI=1S/C20H32N4O/c1-4-21-20(23-18-8-5-6-9-18)22-16-17-10-12-19(13-11-17)25-15-7-14-24(2)3/h5-6,10-13,18H,4,7-9,14-16H2,1-3H3,(H2,21,22,23). The summed E-state index contributed by atoms with van der Waals surface area (Å²) in [5.74, 6) is 1.81. The van der Waals surface area contributed by atoms with Gasteiger partial charge in [0, 0.05) is 19.1 Å². The fourth-order valence-corrected chi connectivity index (χ4v) is 2.68. The molecule has 0 unspecified atom stereocenters. The summed E-state index contributed by atoms with van der Waals surface area (Å²) < 4.78 is 5.77. The van der Waals surface area contributed by atoms with Gasteiger partial charge in [-0.1, -0.05) is 24.3 Å². The van der Waals surface area contributed by atoms with Gasteiger partial charge in [0.25, 0.3) is 0 Å². The maximum Gasteiger partial charge on any atom is 0.191 e. The number of nitrogens with zero attached hydrogens (tertiary/aromatic N) is 2. The average molecular weight is 345 g/mol. The monoisotopic (exact) mass is 344 g/mol. The van der Waals surface area contributed by atoms with Crippen LogP contribution in [0.5, 0.6) is 5.75 Å². The van der Waals surface area contributed by atoms with Gasteiger partial charge in [0.1, 0.15) is 5.75 Å². The number of hydrogen-bond acceptors (Lipinski definition) is 3. The fraction of sp³-hybridized carbons (Fsp3) is 0.550. The third-order valence-corrected chi connectivity index (χ3v) is 4.05. The molecule has 0 atom stereocenters. The Morgan fingerprint density at radius 2 is 1.92 bits per heavy atom. The van der Waals surface area contributed by atoms with Crippen molar-refractivity contribution in [3.05, 3.63) is 42.0 Å². The Morgan fingerprint density at radius 1 is 1.20 bits per heavy atom. The first kappa shape index (κ1) is 19.3. The normalized spacial score (nSPS) is 15.0. The minimum atomic E-state index is 0.468. The lowest BCUT2D eigenvalue weighted by molar-refractivity contribution is 0.281. The first-order valence-corrected chi connectivity index (χ1v) is 9.23. The summed E-state index contributed by atoms with van der Waals surface area (Å²) in [6.07, 6.45) is 7.62. The zero-order chi connectivity index (χ0) is 17.9. The van der Waals surface area contributed by atoms with Gasteiger partial charge in [0.05, 0.1) is 13.2 Å². The molecule has 0 spiro atoms. The number of guanidine groups is 1. The quantitative estimate of drug-likeness (QED) is 0.313. The van der Waals surface area contributed by atoms with Crippen molar-refractivity contribution in [2.45, 2.75) is 38.8 Å². The van der Waals surface area contributed by atoms with Crippen LogP contribution >= 0.6 is 0 Å². The number of benzene rings is 1. The van der Waals surface area contributed by atoms with Gasteiger partial charge in [0.2, 0.25) is 0 Å². The lowest BCUT2D eigenvalue weighted by Gasteiger charge is -2.16. The van der Waals surface area contributed by atoms with Gasteiger partial charge in [-0.3, -0.25) is 0 Å². The molecule has 0 heterocycles. The molecule has 1 aliphatic rings. The van der Waals surface area contributed by atoms with E-state index in [0.29, 0.717) is 12.6 Å². The Bertz CT molecular complexity index is 543. The lowest BCUT2D eigenvalue weighted by atomic mass is 10.2. The van der Waals surface area contributed by atoms with Crippen molar-refractivity contribution in [2.24, 2.45) is 4.99 Å². The van der Waals surface area contributed by atoms with Crippen LogP contribution in [0.2, 0.25) is 0 Å². The van der Waals surface area contributed by atoms with Gasteiger partial charge >= 0.3 is 0 Å². The molecule has 0 saturated carbocycles. The van der Waals surface area contributed by atoms with Crippen LogP contribution in [0, 0.1) is 0 Å². The topological polar surface area (TPSA) is 48.9 Å². The molecule has 0 amide bonds. The molecule has 0 radical (unpaired) electrons. The van der Waals surface area contributed by atoms with Crippen molar-refractivity contribution in [1.29, 1.82) is 0 Å². The minimum absolute atomic E-state index is 0.468. The number of ether oxygens (including phenoxy) is 1. The second-order valence-electron chi connectivity index (χ2n) is 6.63. The highest BCUT2D eigenvalue weighted by Crippen LogP contribution is 2.13. The van der Waals surface area contributed by atoms with E-state index >= 15 is 0 Å². The van der Waals surface area contributed by atoms with Gasteiger partial charge in [-0.2, -0.15) is 0 Å². The molecule has 0 aromatic heterocycles. The highest BCUT2D eigenvalue weighted by molar-refractivity contribution is 5.80. The molecule has 25 heavy (non-hydrogen) atoms. The molecule has 5 nitrogen and oxygen atoms in total. The molecule has 138 valence electrons. The van der Waals surface area contributed by atoms with Crippen LogP contribution in [0.4, 0.5) is 0 Å². The molecule has 2 rings (SSSR count). The molecular formula is C20H32N4O. The molecule has 1 aromatic rings. The minimum Gasteiger partial charge on any atom is -0.494 e. The predicted molar refractivity (Wildman–Crippen MR) is 105 cm³/mol. The van der Waals surface area contributed by atoms with Crippen molar-refractivity contribution in [1.82, 2.24) is 15.5 Å². The van der Waals surface area contributed by atoms with E-state index in [0.717, 1.165) is 50.7 Å². The van der Waals surface area contributed by atoms with E-state index in [4.69, 9.17) is 9.73 Å². The molecule has 1 aromatic carbocycles. The number of hydrogen-bond donors (Lipinski definition) is 2. The maximum atomic E-state index is 5.77. The van der Waals surface area contributed by atoms with E-state index in [9.17, 15) is 0 Å². The van der Waals surface area contributed by atoms with E-state index in [1.54, 1.807) is 0 Å². The largest absolute Gasteiger partial charge is 0.494 e. The third kappa shape index (κ3) is 7.61. The molecule has 5 heteroatoms. The molecule has 0 bridgehead atoms. The van der Waals surface area contributed by atoms with E-state index in [1.807, 2.05) is 12.1 Å². The molecule has 1 aliphatic carbocycles. The van der Waals surface area contributed by atoms with Gasteiger partial charge in [-0.25, -0.2) is 4.99 Å². The Hall–Kier alpha value is -2.01.